The molecule has 1 aliphatic rings. The minimum Gasteiger partial charge on any atom is -0.357 e. The van der Waals surface area contributed by atoms with Crippen LogP contribution in [0.5, 0.6) is 0 Å². The van der Waals surface area contributed by atoms with Crippen molar-refractivity contribution in [2.75, 3.05) is 6.54 Å². The van der Waals surface area contributed by atoms with Gasteiger partial charge in [-0.1, -0.05) is 43.3 Å². The number of rotatable bonds is 3. The molecule has 1 N–H and O–H groups in total. The quantitative estimate of drug-likeness (QED) is 0.553. The van der Waals surface area contributed by atoms with Gasteiger partial charge in [-0.15, -0.1) is 0 Å². The Morgan fingerprint density at radius 1 is 1.12 bits per heavy atom. The third-order valence-corrected chi connectivity index (χ3v) is 5.69. The first kappa shape index (κ1) is 15.6. The molecule has 5 rings (SSSR count). The van der Waals surface area contributed by atoms with Crippen molar-refractivity contribution in [2.45, 2.75) is 32.4 Å². The monoisotopic (exact) mass is 341 g/mol. The van der Waals surface area contributed by atoms with Crippen LogP contribution in [0.1, 0.15) is 36.2 Å². The maximum Gasteiger partial charge on any atom is 0.0702 e. The summed E-state index contributed by atoms with van der Waals surface area (Å²) >= 11 is 0. The molecule has 3 heteroatoms. The molecule has 0 saturated heterocycles. The summed E-state index contributed by atoms with van der Waals surface area (Å²) in [4.78, 5) is 10.9. The molecule has 0 bridgehead atoms. The number of pyridine rings is 1. The van der Waals surface area contributed by atoms with Crippen LogP contribution in [-0.4, -0.2) is 21.4 Å². The summed E-state index contributed by atoms with van der Waals surface area (Å²) in [6, 6.07) is 19.8. The van der Waals surface area contributed by atoms with Gasteiger partial charge in [0.2, 0.25) is 0 Å². The van der Waals surface area contributed by atoms with E-state index in [1.54, 1.807) is 0 Å². The van der Waals surface area contributed by atoms with Crippen LogP contribution in [0.2, 0.25) is 0 Å². The summed E-state index contributed by atoms with van der Waals surface area (Å²) in [7, 11) is 0. The highest BCUT2D eigenvalue weighted by Crippen LogP contribution is 2.36. The van der Waals surface area contributed by atoms with Crippen LogP contribution in [-0.2, 0) is 13.0 Å². The molecule has 1 aliphatic heterocycles. The number of fused-ring (bicyclic) bond motifs is 4. The Morgan fingerprint density at radius 3 is 2.88 bits per heavy atom. The van der Waals surface area contributed by atoms with E-state index < -0.39 is 0 Å². The van der Waals surface area contributed by atoms with Gasteiger partial charge in [-0.05, 0) is 42.2 Å². The van der Waals surface area contributed by atoms with Crippen LogP contribution in [0.25, 0.3) is 21.8 Å². The van der Waals surface area contributed by atoms with Crippen LogP contribution < -0.4 is 0 Å². The fourth-order valence-electron chi connectivity index (χ4n) is 4.46. The largest absolute Gasteiger partial charge is 0.357 e. The summed E-state index contributed by atoms with van der Waals surface area (Å²) in [5, 5.41) is 2.62. The Morgan fingerprint density at radius 2 is 1.96 bits per heavy atom. The van der Waals surface area contributed by atoms with Gasteiger partial charge in [-0.2, -0.15) is 0 Å². The van der Waals surface area contributed by atoms with Gasteiger partial charge >= 0.3 is 0 Å². The number of para-hydroxylation sites is 2. The zero-order chi connectivity index (χ0) is 17.5. The van der Waals surface area contributed by atoms with Gasteiger partial charge in [0.1, 0.15) is 0 Å². The molecule has 0 aliphatic carbocycles. The molecule has 0 saturated carbocycles. The molecular formula is C23H23N3. The molecule has 130 valence electrons. The number of benzene rings is 2. The number of aromatic nitrogens is 2. The summed E-state index contributed by atoms with van der Waals surface area (Å²) in [5.74, 6) is 0. The molecule has 1 atom stereocenters. The molecule has 3 heterocycles. The summed E-state index contributed by atoms with van der Waals surface area (Å²) < 4.78 is 0. The highest BCUT2D eigenvalue weighted by Gasteiger charge is 2.29. The molecule has 0 spiro atoms. The SMILES string of the molecule is CCC1c2[nH]c3ccccc3c2CCN1Cc1cnc2ccccc2c1. The number of H-pyrrole nitrogens is 1. The third kappa shape index (κ3) is 2.51. The lowest BCUT2D eigenvalue weighted by Crippen LogP contribution is -2.34. The molecule has 0 radical (unpaired) electrons. The first-order valence-corrected chi connectivity index (χ1v) is 9.50. The minimum absolute atomic E-state index is 0.442. The van der Waals surface area contributed by atoms with Crippen molar-refractivity contribution >= 4 is 21.8 Å². The summed E-state index contributed by atoms with van der Waals surface area (Å²) in [5.41, 5.74) is 6.56. The maximum atomic E-state index is 4.64. The Balaban J connectivity index is 1.49. The van der Waals surface area contributed by atoms with Crippen molar-refractivity contribution in [3.8, 4) is 0 Å². The highest BCUT2D eigenvalue weighted by molar-refractivity contribution is 5.85. The molecule has 26 heavy (non-hydrogen) atoms. The topological polar surface area (TPSA) is 31.9 Å². The van der Waals surface area contributed by atoms with Crippen molar-refractivity contribution in [2.24, 2.45) is 0 Å². The number of hydrogen-bond acceptors (Lipinski definition) is 2. The van der Waals surface area contributed by atoms with Gasteiger partial charge in [-0.25, -0.2) is 0 Å². The lowest BCUT2D eigenvalue weighted by Gasteiger charge is -2.35. The summed E-state index contributed by atoms with van der Waals surface area (Å²) in [6.45, 7) is 4.34. The van der Waals surface area contributed by atoms with Gasteiger partial charge in [-0.3, -0.25) is 9.88 Å². The lowest BCUT2D eigenvalue weighted by molar-refractivity contribution is 0.168. The fraction of sp³-hybridized carbons (Fsp3) is 0.261. The van der Waals surface area contributed by atoms with E-state index in [0.717, 1.165) is 31.4 Å². The van der Waals surface area contributed by atoms with Crippen LogP contribution in [0.4, 0.5) is 0 Å². The van der Waals surface area contributed by atoms with E-state index in [1.165, 1.54) is 33.1 Å². The molecule has 4 aromatic rings. The van der Waals surface area contributed by atoms with Crippen molar-refractivity contribution < 1.29 is 0 Å². The Kier molecular flexibility index (Phi) is 3.75. The van der Waals surface area contributed by atoms with E-state index in [4.69, 9.17) is 0 Å². The van der Waals surface area contributed by atoms with E-state index in [0.29, 0.717) is 6.04 Å². The molecule has 3 nitrogen and oxygen atoms in total. The van der Waals surface area contributed by atoms with E-state index in [-0.39, 0.29) is 0 Å². The number of aromatic amines is 1. The zero-order valence-corrected chi connectivity index (χ0v) is 15.1. The van der Waals surface area contributed by atoms with Crippen molar-refractivity contribution in [3.05, 3.63) is 77.6 Å². The highest BCUT2D eigenvalue weighted by atomic mass is 15.2. The van der Waals surface area contributed by atoms with Gasteiger partial charge in [0.25, 0.3) is 0 Å². The van der Waals surface area contributed by atoms with Gasteiger partial charge in [0.05, 0.1) is 11.6 Å². The van der Waals surface area contributed by atoms with Gasteiger partial charge < -0.3 is 4.98 Å². The van der Waals surface area contributed by atoms with Crippen LogP contribution >= 0.6 is 0 Å². The molecule has 2 aromatic heterocycles. The number of nitrogens with zero attached hydrogens (tertiary/aromatic N) is 2. The van der Waals surface area contributed by atoms with Crippen molar-refractivity contribution in [1.82, 2.24) is 14.9 Å². The second-order valence-corrected chi connectivity index (χ2v) is 7.24. The number of hydrogen-bond donors (Lipinski definition) is 1. The predicted molar refractivity (Wildman–Crippen MR) is 107 cm³/mol. The smallest absolute Gasteiger partial charge is 0.0702 e. The average molecular weight is 341 g/mol. The standard InChI is InChI=1S/C23H23N3/c1-2-22-23-19(18-8-4-6-10-21(18)25-23)11-12-26(22)15-16-13-17-7-3-5-9-20(17)24-14-16/h3-10,13-14,22,25H,2,11-12,15H2,1H3. The molecule has 0 amide bonds. The van der Waals surface area contributed by atoms with E-state index in [9.17, 15) is 0 Å². The lowest BCUT2D eigenvalue weighted by atomic mass is 9.95. The first-order valence-electron chi connectivity index (χ1n) is 9.50. The maximum absolute atomic E-state index is 4.64. The van der Waals surface area contributed by atoms with Crippen LogP contribution in [0.3, 0.4) is 0 Å². The summed E-state index contributed by atoms with van der Waals surface area (Å²) in [6.07, 6.45) is 4.26. The molecule has 2 aromatic carbocycles. The molecule has 0 fully saturated rings. The first-order chi connectivity index (χ1) is 12.8. The predicted octanol–water partition coefficient (Wildman–Crippen LogP) is 5.23. The van der Waals surface area contributed by atoms with E-state index in [1.807, 2.05) is 12.3 Å². The van der Waals surface area contributed by atoms with Crippen LogP contribution in [0, 0.1) is 0 Å². The van der Waals surface area contributed by atoms with E-state index >= 15 is 0 Å². The molecular weight excluding hydrogens is 318 g/mol. The average Bonchev–Trinajstić information content (AvgIpc) is 3.06. The Bertz CT molecular complexity index is 1080. The molecule has 1 unspecified atom stereocenters. The van der Waals surface area contributed by atoms with Crippen molar-refractivity contribution in [1.29, 1.82) is 0 Å². The van der Waals surface area contributed by atoms with Crippen LogP contribution in [0.15, 0.2) is 60.8 Å². The number of nitrogens with one attached hydrogen (secondary N) is 1. The minimum atomic E-state index is 0.442. The van der Waals surface area contributed by atoms with Crippen molar-refractivity contribution in [3.63, 3.8) is 0 Å². The zero-order valence-electron chi connectivity index (χ0n) is 15.1. The Labute approximate surface area is 153 Å². The fourth-order valence-corrected chi connectivity index (χ4v) is 4.46. The van der Waals surface area contributed by atoms with Gasteiger partial charge in [0.15, 0.2) is 0 Å². The Hall–Kier alpha value is -2.65. The second-order valence-electron chi connectivity index (χ2n) is 7.24. The third-order valence-electron chi connectivity index (χ3n) is 5.69. The van der Waals surface area contributed by atoms with Gasteiger partial charge in [0, 0.05) is 41.3 Å². The second kappa shape index (κ2) is 6.26. The normalized spacial score (nSPS) is 17.7. The van der Waals surface area contributed by atoms with E-state index in [2.05, 4.69) is 70.3 Å².